The SMILES string of the molecule is CN(C)C(=O)NCC1(C)CCC1. The fourth-order valence-electron chi connectivity index (χ4n) is 1.40. The molecule has 1 N–H and O–H groups in total. The third-order valence-electron chi connectivity index (χ3n) is 2.63. The normalized spacial score (nSPS) is 19.6. The Morgan fingerprint density at radius 2 is 2.08 bits per heavy atom. The molecule has 0 bridgehead atoms. The molecule has 0 aliphatic heterocycles. The van der Waals surface area contributed by atoms with Crippen LogP contribution in [0.1, 0.15) is 26.2 Å². The van der Waals surface area contributed by atoms with Gasteiger partial charge in [0.15, 0.2) is 0 Å². The van der Waals surface area contributed by atoms with E-state index in [1.165, 1.54) is 19.3 Å². The van der Waals surface area contributed by atoms with Crippen molar-refractivity contribution < 1.29 is 4.79 Å². The van der Waals surface area contributed by atoms with Gasteiger partial charge >= 0.3 is 6.03 Å². The van der Waals surface area contributed by atoms with Gasteiger partial charge in [-0.3, -0.25) is 0 Å². The standard InChI is InChI=1S/C9H18N2O/c1-9(5-4-6-9)7-10-8(12)11(2)3/h4-7H2,1-3H3,(H,10,12). The van der Waals surface area contributed by atoms with E-state index in [-0.39, 0.29) is 6.03 Å². The molecule has 3 heteroatoms. The molecule has 1 aliphatic carbocycles. The second-order valence-electron chi connectivity index (χ2n) is 4.22. The molecule has 0 aromatic heterocycles. The summed E-state index contributed by atoms with van der Waals surface area (Å²) in [5, 5.41) is 2.91. The first-order valence-corrected chi connectivity index (χ1v) is 4.49. The average Bonchev–Trinajstić information content (AvgIpc) is 1.96. The number of hydrogen-bond acceptors (Lipinski definition) is 1. The van der Waals surface area contributed by atoms with E-state index in [9.17, 15) is 4.79 Å². The predicted octanol–water partition coefficient (Wildman–Crippen LogP) is 1.45. The molecule has 2 amide bonds. The minimum absolute atomic E-state index is 0.0168. The maximum atomic E-state index is 11.1. The zero-order chi connectivity index (χ0) is 9.19. The van der Waals surface area contributed by atoms with Crippen LogP contribution in [0.15, 0.2) is 0 Å². The zero-order valence-electron chi connectivity index (χ0n) is 8.18. The molecular weight excluding hydrogens is 152 g/mol. The van der Waals surface area contributed by atoms with Crippen LogP contribution in [0.3, 0.4) is 0 Å². The van der Waals surface area contributed by atoms with Crippen LogP contribution in [0, 0.1) is 5.41 Å². The molecule has 0 saturated heterocycles. The molecule has 0 unspecified atom stereocenters. The van der Waals surface area contributed by atoms with Gasteiger partial charge in [0.25, 0.3) is 0 Å². The molecular formula is C9H18N2O. The summed E-state index contributed by atoms with van der Waals surface area (Å²) in [6.45, 7) is 3.05. The first-order chi connectivity index (χ1) is 5.53. The van der Waals surface area contributed by atoms with Gasteiger partial charge in [-0.2, -0.15) is 0 Å². The van der Waals surface area contributed by atoms with E-state index in [4.69, 9.17) is 0 Å². The Hall–Kier alpha value is -0.730. The monoisotopic (exact) mass is 170 g/mol. The number of carbonyl (C=O) groups is 1. The minimum atomic E-state index is 0.0168. The van der Waals surface area contributed by atoms with Crippen molar-refractivity contribution in [1.29, 1.82) is 0 Å². The Kier molecular flexibility index (Phi) is 2.60. The summed E-state index contributed by atoms with van der Waals surface area (Å²) in [5.74, 6) is 0. The van der Waals surface area contributed by atoms with Crippen LogP contribution in [0.4, 0.5) is 4.79 Å². The summed E-state index contributed by atoms with van der Waals surface area (Å²) in [7, 11) is 3.52. The van der Waals surface area contributed by atoms with E-state index < -0.39 is 0 Å². The molecule has 3 nitrogen and oxygen atoms in total. The van der Waals surface area contributed by atoms with Crippen LogP contribution in [-0.4, -0.2) is 31.6 Å². The zero-order valence-corrected chi connectivity index (χ0v) is 8.18. The Morgan fingerprint density at radius 3 is 2.42 bits per heavy atom. The quantitative estimate of drug-likeness (QED) is 0.668. The Morgan fingerprint density at radius 1 is 1.50 bits per heavy atom. The van der Waals surface area contributed by atoms with Crippen LogP contribution in [0.5, 0.6) is 0 Å². The number of amides is 2. The lowest BCUT2D eigenvalue weighted by Crippen LogP contribution is -2.43. The highest BCUT2D eigenvalue weighted by Crippen LogP contribution is 2.39. The van der Waals surface area contributed by atoms with Crippen LogP contribution in [0.25, 0.3) is 0 Å². The van der Waals surface area contributed by atoms with Crippen molar-refractivity contribution in [2.45, 2.75) is 26.2 Å². The first-order valence-electron chi connectivity index (χ1n) is 4.49. The maximum Gasteiger partial charge on any atom is 0.316 e. The molecule has 0 radical (unpaired) electrons. The van der Waals surface area contributed by atoms with Gasteiger partial charge in [0, 0.05) is 20.6 Å². The molecule has 0 aromatic rings. The molecule has 1 rings (SSSR count). The maximum absolute atomic E-state index is 11.1. The molecule has 1 fully saturated rings. The van der Waals surface area contributed by atoms with E-state index in [0.29, 0.717) is 5.41 Å². The predicted molar refractivity (Wildman–Crippen MR) is 49.0 cm³/mol. The van der Waals surface area contributed by atoms with Gasteiger partial charge in [-0.1, -0.05) is 13.3 Å². The fraction of sp³-hybridized carbons (Fsp3) is 0.889. The lowest BCUT2D eigenvalue weighted by Gasteiger charge is -2.38. The summed E-state index contributed by atoms with van der Waals surface area (Å²) in [6.07, 6.45) is 3.82. The Bertz CT molecular complexity index is 173. The number of urea groups is 1. The second-order valence-corrected chi connectivity index (χ2v) is 4.22. The average molecular weight is 170 g/mol. The second kappa shape index (κ2) is 3.33. The van der Waals surface area contributed by atoms with Crippen molar-refractivity contribution in [3.8, 4) is 0 Å². The van der Waals surface area contributed by atoms with E-state index in [1.807, 2.05) is 0 Å². The Labute approximate surface area is 74.1 Å². The van der Waals surface area contributed by atoms with E-state index in [2.05, 4.69) is 12.2 Å². The first kappa shape index (κ1) is 9.36. The van der Waals surface area contributed by atoms with Crippen molar-refractivity contribution in [2.75, 3.05) is 20.6 Å². The van der Waals surface area contributed by atoms with Crippen LogP contribution < -0.4 is 5.32 Å². The van der Waals surface area contributed by atoms with Gasteiger partial charge in [0.2, 0.25) is 0 Å². The molecule has 0 heterocycles. The van der Waals surface area contributed by atoms with Gasteiger partial charge in [-0.05, 0) is 18.3 Å². The summed E-state index contributed by atoms with van der Waals surface area (Å²) < 4.78 is 0. The molecule has 0 spiro atoms. The number of rotatable bonds is 2. The summed E-state index contributed by atoms with van der Waals surface area (Å²) >= 11 is 0. The van der Waals surface area contributed by atoms with Crippen molar-refractivity contribution in [2.24, 2.45) is 5.41 Å². The van der Waals surface area contributed by atoms with Crippen molar-refractivity contribution >= 4 is 6.03 Å². The van der Waals surface area contributed by atoms with Crippen molar-refractivity contribution in [1.82, 2.24) is 10.2 Å². The van der Waals surface area contributed by atoms with Crippen LogP contribution in [0.2, 0.25) is 0 Å². The van der Waals surface area contributed by atoms with Gasteiger partial charge in [0.05, 0.1) is 0 Å². The summed E-state index contributed by atoms with van der Waals surface area (Å²) in [5.41, 5.74) is 0.381. The summed E-state index contributed by atoms with van der Waals surface area (Å²) in [4.78, 5) is 12.7. The number of hydrogen-bond donors (Lipinski definition) is 1. The van der Waals surface area contributed by atoms with Gasteiger partial charge in [-0.15, -0.1) is 0 Å². The van der Waals surface area contributed by atoms with Gasteiger partial charge in [0.1, 0.15) is 0 Å². The molecule has 0 atom stereocenters. The smallest absolute Gasteiger partial charge is 0.316 e. The fourth-order valence-corrected chi connectivity index (χ4v) is 1.40. The topological polar surface area (TPSA) is 32.3 Å². The van der Waals surface area contributed by atoms with E-state index >= 15 is 0 Å². The molecule has 12 heavy (non-hydrogen) atoms. The van der Waals surface area contributed by atoms with Crippen LogP contribution in [-0.2, 0) is 0 Å². The molecule has 70 valence electrons. The third-order valence-corrected chi connectivity index (χ3v) is 2.63. The lowest BCUT2D eigenvalue weighted by atomic mass is 9.70. The molecule has 1 aliphatic rings. The highest BCUT2D eigenvalue weighted by atomic mass is 16.2. The van der Waals surface area contributed by atoms with E-state index in [0.717, 1.165) is 6.54 Å². The van der Waals surface area contributed by atoms with Crippen molar-refractivity contribution in [3.63, 3.8) is 0 Å². The highest BCUT2D eigenvalue weighted by Gasteiger charge is 2.31. The highest BCUT2D eigenvalue weighted by molar-refractivity contribution is 5.73. The van der Waals surface area contributed by atoms with Crippen molar-refractivity contribution in [3.05, 3.63) is 0 Å². The number of carbonyl (C=O) groups excluding carboxylic acids is 1. The molecule has 0 aromatic carbocycles. The lowest BCUT2D eigenvalue weighted by molar-refractivity contribution is 0.152. The number of nitrogens with one attached hydrogen (secondary N) is 1. The third kappa shape index (κ3) is 2.13. The van der Waals surface area contributed by atoms with Gasteiger partial charge < -0.3 is 10.2 Å². The molecule has 1 saturated carbocycles. The summed E-state index contributed by atoms with van der Waals surface area (Å²) in [6, 6.07) is 0.0168. The largest absolute Gasteiger partial charge is 0.337 e. The minimum Gasteiger partial charge on any atom is -0.337 e. The van der Waals surface area contributed by atoms with Gasteiger partial charge in [-0.25, -0.2) is 4.79 Å². The van der Waals surface area contributed by atoms with Crippen LogP contribution >= 0.6 is 0 Å². The van der Waals surface area contributed by atoms with E-state index in [1.54, 1.807) is 19.0 Å². The Balaban J connectivity index is 2.21. The number of nitrogens with zero attached hydrogens (tertiary/aromatic N) is 1.